The molecule has 156 valence electrons. The molecule has 1 atom stereocenters. The maximum Gasteiger partial charge on any atom is 0.269 e. The van der Waals surface area contributed by atoms with Gasteiger partial charge in [0, 0.05) is 55.6 Å². The number of nitro benzene ring substituents is 1. The number of methoxy groups -OCH3 is 1. The van der Waals surface area contributed by atoms with Gasteiger partial charge in [-0.05, 0) is 31.2 Å². The molecule has 3 aromatic rings. The molecule has 0 spiro atoms. The van der Waals surface area contributed by atoms with Crippen LogP contribution in [0.2, 0.25) is 0 Å². The lowest BCUT2D eigenvalue weighted by Crippen LogP contribution is -2.47. The first-order valence-electron chi connectivity index (χ1n) is 9.76. The minimum Gasteiger partial charge on any atom is -0.497 e. The molecule has 0 bridgehead atoms. The molecule has 1 saturated heterocycles. The van der Waals surface area contributed by atoms with Crippen molar-refractivity contribution in [2.75, 3.05) is 38.2 Å². The van der Waals surface area contributed by atoms with Crippen LogP contribution in [0.25, 0.3) is 11.5 Å². The lowest BCUT2D eigenvalue weighted by atomic mass is 10.2. The van der Waals surface area contributed by atoms with Crippen LogP contribution in [0.1, 0.15) is 18.9 Å². The van der Waals surface area contributed by atoms with Crippen LogP contribution in [0.5, 0.6) is 5.75 Å². The molecule has 4 rings (SSSR count). The van der Waals surface area contributed by atoms with Crippen molar-refractivity contribution in [2.45, 2.75) is 13.0 Å². The number of ether oxygens (including phenoxy) is 1. The SMILES string of the molecule is COc1cccc(N2CCN([C@H](C)c3nnc(-c4ccc([N+](=O)[O-])cc4)o3)CC2)c1. The summed E-state index contributed by atoms with van der Waals surface area (Å²) in [6.07, 6.45) is 0. The summed E-state index contributed by atoms with van der Waals surface area (Å²) < 4.78 is 11.2. The Kier molecular flexibility index (Phi) is 5.62. The quantitative estimate of drug-likeness (QED) is 0.450. The van der Waals surface area contributed by atoms with Gasteiger partial charge in [-0.1, -0.05) is 6.07 Å². The molecule has 0 radical (unpaired) electrons. The monoisotopic (exact) mass is 409 g/mol. The first-order valence-corrected chi connectivity index (χ1v) is 9.76. The third-order valence-electron chi connectivity index (χ3n) is 5.40. The Morgan fingerprint density at radius 1 is 1.10 bits per heavy atom. The number of benzene rings is 2. The minimum atomic E-state index is -0.434. The predicted octanol–water partition coefficient (Wildman–Crippen LogP) is 3.54. The fraction of sp³-hybridized carbons (Fsp3) is 0.333. The highest BCUT2D eigenvalue weighted by molar-refractivity contribution is 5.55. The van der Waals surface area contributed by atoms with Gasteiger partial charge in [0.15, 0.2) is 0 Å². The van der Waals surface area contributed by atoms with E-state index in [1.54, 1.807) is 19.2 Å². The zero-order chi connectivity index (χ0) is 21.1. The van der Waals surface area contributed by atoms with Gasteiger partial charge in [-0.2, -0.15) is 0 Å². The maximum absolute atomic E-state index is 10.8. The summed E-state index contributed by atoms with van der Waals surface area (Å²) in [5, 5.41) is 19.1. The van der Waals surface area contributed by atoms with E-state index in [9.17, 15) is 10.1 Å². The molecule has 1 aliphatic heterocycles. The molecule has 0 unspecified atom stereocenters. The Morgan fingerprint density at radius 3 is 2.50 bits per heavy atom. The predicted molar refractivity (Wildman–Crippen MR) is 112 cm³/mol. The summed E-state index contributed by atoms with van der Waals surface area (Å²) in [4.78, 5) is 15.0. The third-order valence-corrected chi connectivity index (χ3v) is 5.40. The van der Waals surface area contributed by atoms with Gasteiger partial charge in [-0.15, -0.1) is 10.2 Å². The molecule has 0 amide bonds. The molecule has 1 fully saturated rings. The minimum absolute atomic E-state index is 0.0169. The van der Waals surface area contributed by atoms with Crippen molar-refractivity contribution in [3.8, 4) is 17.2 Å². The molecule has 9 heteroatoms. The molecular formula is C21H23N5O4. The molecule has 0 N–H and O–H groups in total. The van der Waals surface area contributed by atoms with Crippen molar-refractivity contribution in [1.82, 2.24) is 15.1 Å². The van der Waals surface area contributed by atoms with Crippen LogP contribution < -0.4 is 9.64 Å². The Bertz CT molecular complexity index is 1010. The van der Waals surface area contributed by atoms with Crippen molar-refractivity contribution < 1.29 is 14.1 Å². The van der Waals surface area contributed by atoms with Crippen molar-refractivity contribution in [2.24, 2.45) is 0 Å². The molecule has 2 aromatic carbocycles. The largest absolute Gasteiger partial charge is 0.497 e. The molecule has 9 nitrogen and oxygen atoms in total. The number of non-ortho nitro benzene ring substituents is 1. The van der Waals surface area contributed by atoms with Crippen LogP contribution in [-0.4, -0.2) is 53.3 Å². The summed E-state index contributed by atoms with van der Waals surface area (Å²) in [5.41, 5.74) is 1.84. The van der Waals surface area contributed by atoms with Gasteiger partial charge in [0.05, 0.1) is 18.1 Å². The van der Waals surface area contributed by atoms with E-state index in [1.165, 1.54) is 12.1 Å². The van der Waals surface area contributed by atoms with Crippen LogP contribution in [0.15, 0.2) is 52.9 Å². The average molecular weight is 409 g/mol. The van der Waals surface area contributed by atoms with E-state index in [0.29, 0.717) is 17.3 Å². The number of hydrogen-bond donors (Lipinski definition) is 0. The first kappa shape index (κ1) is 19.8. The number of piperazine rings is 1. The van der Waals surface area contributed by atoms with Gasteiger partial charge in [0.25, 0.3) is 5.69 Å². The lowest BCUT2D eigenvalue weighted by molar-refractivity contribution is -0.384. The second-order valence-electron chi connectivity index (χ2n) is 7.15. The van der Waals surface area contributed by atoms with E-state index < -0.39 is 4.92 Å². The zero-order valence-corrected chi connectivity index (χ0v) is 16.9. The van der Waals surface area contributed by atoms with Crippen molar-refractivity contribution in [3.63, 3.8) is 0 Å². The highest BCUT2D eigenvalue weighted by Gasteiger charge is 2.26. The fourth-order valence-corrected chi connectivity index (χ4v) is 3.58. The van der Waals surface area contributed by atoms with E-state index in [-0.39, 0.29) is 11.7 Å². The number of anilines is 1. The first-order chi connectivity index (χ1) is 14.5. The van der Waals surface area contributed by atoms with Crippen molar-refractivity contribution in [3.05, 3.63) is 64.5 Å². The number of nitro groups is 1. The summed E-state index contributed by atoms with van der Waals surface area (Å²) in [5.74, 6) is 1.76. The molecular weight excluding hydrogens is 386 g/mol. The highest BCUT2D eigenvalue weighted by Crippen LogP contribution is 2.27. The van der Waals surface area contributed by atoms with Gasteiger partial charge < -0.3 is 14.1 Å². The molecule has 0 aliphatic carbocycles. The van der Waals surface area contributed by atoms with Gasteiger partial charge >= 0.3 is 0 Å². The highest BCUT2D eigenvalue weighted by atomic mass is 16.6. The second kappa shape index (κ2) is 8.50. The number of aromatic nitrogens is 2. The Hall–Kier alpha value is -3.46. The summed E-state index contributed by atoms with van der Waals surface area (Å²) >= 11 is 0. The van der Waals surface area contributed by atoms with Gasteiger partial charge in [0.1, 0.15) is 5.75 Å². The van der Waals surface area contributed by atoms with E-state index in [4.69, 9.17) is 9.15 Å². The fourth-order valence-electron chi connectivity index (χ4n) is 3.58. The molecule has 1 aliphatic rings. The number of rotatable bonds is 6. The zero-order valence-electron chi connectivity index (χ0n) is 16.9. The molecule has 30 heavy (non-hydrogen) atoms. The Morgan fingerprint density at radius 2 is 1.83 bits per heavy atom. The Labute approximate surface area is 174 Å². The van der Waals surface area contributed by atoms with E-state index >= 15 is 0 Å². The molecule has 2 heterocycles. The number of nitrogens with zero attached hydrogens (tertiary/aromatic N) is 5. The summed E-state index contributed by atoms with van der Waals surface area (Å²) in [6, 6.07) is 14.2. The summed E-state index contributed by atoms with van der Waals surface area (Å²) in [6.45, 7) is 5.57. The molecule has 0 saturated carbocycles. The van der Waals surface area contributed by atoms with Crippen LogP contribution in [0, 0.1) is 10.1 Å². The van der Waals surface area contributed by atoms with E-state index in [2.05, 4.69) is 26.1 Å². The normalized spacial score (nSPS) is 15.7. The third kappa shape index (κ3) is 4.11. The van der Waals surface area contributed by atoms with Crippen LogP contribution in [0.3, 0.4) is 0 Å². The van der Waals surface area contributed by atoms with Crippen LogP contribution in [0.4, 0.5) is 11.4 Å². The van der Waals surface area contributed by atoms with Crippen molar-refractivity contribution in [1.29, 1.82) is 0 Å². The van der Waals surface area contributed by atoms with Gasteiger partial charge in [-0.3, -0.25) is 15.0 Å². The molecule has 1 aromatic heterocycles. The second-order valence-corrected chi connectivity index (χ2v) is 7.15. The smallest absolute Gasteiger partial charge is 0.269 e. The Balaban J connectivity index is 1.40. The number of hydrogen-bond acceptors (Lipinski definition) is 8. The van der Waals surface area contributed by atoms with E-state index in [1.807, 2.05) is 25.1 Å². The van der Waals surface area contributed by atoms with Gasteiger partial charge in [-0.25, -0.2) is 0 Å². The van der Waals surface area contributed by atoms with Gasteiger partial charge in [0.2, 0.25) is 11.8 Å². The average Bonchev–Trinajstić information content (AvgIpc) is 3.29. The van der Waals surface area contributed by atoms with Crippen LogP contribution >= 0.6 is 0 Å². The topological polar surface area (TPSA) is 97.8 Å². The van der Waals surface area contributed by atoms with Crippen molar-refractivity contribution >= 4 is 11.4 Å². The van der Waals surface area contributed by atoms with Crippen LogP contribution in [-0.2, 0) is 0 Å². The lowest BCUT2D eigenvalue weighted by Gasteiger charge is -2.38. The van der Waals surface area contributed by atoms with E-state index in [0.717, 1.165) is 37.6 Å². The maximum atomic E-state index is 10.8. The summed E-state index contributed by atoms with van der Waals surface area (Å²) in [7, 11) is 1.67. The standard InChI is InChI=1S/C21H23N5O4/c1-15(20-22-23-21(30-20)16-6-8-17(9-7-16)26(27)28)24-10-12-25(13-11-24)18-4-3-5-19(14-18)29-2/h3-9,14-15H,10-13H2,1-2H3/t15-/m1/s1.